The molecule has 2 rings (SSSR count). The topological polar surface area (TPSA) is 39.2 Å². The molecule has 0 atom stereocenters. The quantitative estimate of drug-likeness (QED) is 0.743. The lowest BCUT2D eigenvalue weighted by Gasteiger charge is -2.16. The molecule has 3 heteroatoms. The Morgan fingerprint density at radius 2 is 1.86 bits per heavy atom. The fourth-order valence-electron chi connectivity index (χ4n) is 2.67. The van der Waals surface area contributed by atoms with E-state index in [4.69, 9.17) is 4.74 Å². The number of carbonyl (C=O) groups is 1. The maximum Gasteiger partial charge on any atom is 0.343 e. The second kappa shape index (κ2) is 7.21. The number of carbonyl (C=O) groups excluding carboxylic acids is 1. The minimum absolute atomic E-state index is 0.343. The molecule has 0 aliphatic heterocycles. The van der Waals surface area contributed by atoms with Gasteiger partial charge in [-0.15, -0.1) is 0 Å². The number of rotatable bonds is 5. The summed E-state index contributed by atoms with van der Waals surface area (Å²) >= 11 is 0. The van der Waals surface area contributed by atoms with Crippen LogP contribution in [0.4, 0.5) is 0 Å². The standard InChI is InChI=1S/C19H23NO2/c1-5-15(6-2)18-10-8-16(11-13(18)3)19(21)22-17-9-7-14(4)20-12-17/h7-12,15H,5-6H2,1-4H3. The van der Waals surface area contributed by atoms with Gasteiger partial charge in [-0.3, -0.25) is 4.98 Å². The molecule has 0 bridgehead atoms. The molecule has 0 spiro atoms. The lowest BCUT2D eigenvalue weighted by molar-refractivity contribution is 0.0734. The van der Waals surface area contributed by atoms with E-state index in [1.54, 1.807) is 12.3 Å². The number of hydrogen-bond acceptors (Lipinski definition) is 3. The Kier molecular flexibility index (Phi) is 5.31. The number of benzene rings is 1. The summed E-state index contributed by atoms with van der Waals surface area (Å²) in [5.74, 6) is 0.675. The van der Waals surface area contributed by atoms with Crippen LogP contribution in [0.3, 0.4) is 0 Å². The van der Waals surface area contributed by atoms with Crippen molar-refractivity contribution in [3.05, 3.63) is 58.9 Å². The fourth-order valence-corrected chi connectivity index (χ4v) is 2.67. The first-order valence-electron chi connectivity index (χ1n) is 7.80. The third-order valence-electron chi connectivity index (χ3n) is 4.03. The van der Waals surface area contributed by atoms with Gasteiger partial charge < -0.3 is 4.74 Å². The molecule has 116 valence electrons. The summed E-state index contributed by atoms with van der Waals surface area (Å²) in [4.78, 5) is 16.3. The van der Waals surface area contributed by atoms with E-state index in [9.17, 15) is 4.79 Å². The molecule has 2 aromatic rings. The lowest BCUT2D eigenvalue weighted by atomic mass is 9.89. The number of aromatic nitrogens is 1. The van der Waals surface area contributed by atoms with Gasteiger partial charge in [0.05, 0.1) is 11.8 Å². The fraction of sp³-hybridized carbons (Fsp3) is 0.368. The van der Waals surface area contributed by atoms with Crippen LogP contribution in [0.15, 0.2) is 36.5 Å². The van der Waals surface area contributed by atoms with Crippen molar-refractivity contribution in [2.24, 2.45) is 0 Å². The number of esters is 1. The largest absolute Gasteiger partial charge is 0.421 e. The van der Waals surface area contributed by atoms with E-state index in [-0.39, 0.29) is 5.97 Å². The monoisotopic (exact) mass is 297 g/mol. The second-order valence-corrected chi connectivity index (χ2v) is 5.61. The zero-order chi connectivity index (χ0) is 16.1. The minimum atomic E-state index is -0.343. The molecule has 22 heavy (non-hydrogen) atoms. The first kappa shape index (κ1) is 16.2. The smallest absolute Gasteiger partial charge is 0.343 e. The van der Waals surface area contributed by atoms with Gasteiger partial charge in [0.25, 0.3) is 0 Å². The first-order chi connectivity index (χ1) is 10.5. The van der Waals surface area contributed by atoms with Gasteiger partial charge in [-0.05, 0) is 68.0 Å². The van der Waals surface area contributed by atoms with Crippen molar-refractivity contribution < 1.29 is 9.53 Å². The highest BCUT2D eigenvalue weighted by Crippen LogP contribution is 2.27. The minimum Gasteiger partial charge on any atom is -0.421 e. The highest BCUT2D eigenvalue weighted by molar-refractivity contribution is 5.91. The summed E-state index contributed by atoms with van der Waals surface area (Å²) in [5, 5.41) is 0. The molecule has 0 unspecified atom stereocenters. The molecule has 0 aliphatic rings. The van der Waals surface area contributed by atoms with E-state index in [0.29, 0.717) is 17.2 Å². The van der Waals surface area contributed by atoms with Gasteiger partial charge in [0, 0.05) is 5.69 Å². The summed E-state index contributed by atoms with van der Waals surface area (Å²) in [7, 11) is 0. The van der Waals surface area contributed by atoms with Gasteiger partial charge in [0.2, 0.25) is 0 Å². The summed E-state index contributed by atoms with van der Waals surface area (Å²) < 4.78 is 5.36. The van der Waals surface area contributed by atoms with Crippen molar-refractivity contribution in [1.82, 2.24) is 4.98 Å². The summed E-state index contributed by atoms with van der Waals surface area (Å²) in [6.07, 6.45) is 3.78. The van der Waals surface area contributed by atoms with Gasteiger partial charge in [-0.1, -0.05) is 19.9 Å². The van der Waals surface area contributed by atoms with Crippen LogP contribution in [0.25, 0.3) is 0 Å². The second-order valence-electron chi connectivity index (χ2n) is 5.61. The van der Waals surface area contributed by atoms with Crippen LogP contribution >= 0.6 is 0 Å². The molecule has 0 saturated heterocycles. The number of ether oxygens (including phenoxy) is 1. The third-order valence-corrected chi connectivity index (χ3v) is 4.03. The Morgan fingerprint density at radius 1 is 1.14 bits per heavy atom. The van der Waals surface area contributed by atoms with Crippen molar-refractivity contribution in [1.29, 1.82) is 0 Å². The third kappa shape index (κ3) is 3.73. The molecule has 0 aliphatic carbocycles. The van der Waals surface area contributed by atoms with Gasteiger partial charge in [0.1, 0.15) is 5.75 Å². The van der Waals surface area contributed by atoms with Gasteiger partial charge >= 0.3 is 5.97 Å². The Hall–Kier alpha value is -2.16. The molecular formula is C19H23NO2. The Balaban J connectivity index is 2.17. The molecule has 1 aromatic carbocycles. The molecular weight excluding hydrogens is 274 g/mol. The SMILES string of the molecule is CCC(CC)c1ccc(C(=O)Oc2ccc(C)nc2)cc1C. The molecule has 3 nitrogen and oxygen atoms in total. The van der Waals surface area contributed by atoms with Crippen molar-refractivity contribution >= 4 is 5.97 Å². The number of aryl methyl sites for hydroxylation is 2. The van der Waals surface area contributed by atoms with Crippen LogP contribution in [0.5, 0.6) is 5.75 Å². The zero-order valence-corrected chi connectivity index (χ0v) is 13.7. The normalized spacial score (nSPS) is 10.8. The van der Waals surface area contributed by atoms with E-state index in [0.717, 1.165) is 24.1 Å². The van der Waals surface area contributed by atoms with Crippen molar-refractivity contribution in [2.75, 3.05) is 0 Å². The van der Waals surface area contributed by atoms with Crippen LogP contribution in [-0.4, -0.2) is 11.0 Å². The first-order valence-corrected chi connectivity index (χ1v) is 7.80. The van der Waals surface area contributed by atoms with Crippen LogP contribution in [0, 0.1) is 13.8 Å². The molecule has 0 N–H and O–H groups in total. The van der Waals surface area contributed by atoms with E-state index < -0.39 is 0 Å². The maximum atomic E-state index is 12.2. The Morgan fingerprint density at radius 3 is 2.41 bits per heavy atom. The summed E-state index contributed by atoms with van der Waals surface area (Å²) in [6.45, 7) is 8.34. The molecule has 0 radical (unpaired) electrons. The van der Waals surface area contributed by atoms with E-state index in [1.165, 1.54) is 5.56 Å². The lowest BCUT2D eigenvalue weighted by Crippen LogP contribution is -2.10. The van der Waals surface area contributed by atoms with E-state index in [2.05, 4.69) is 31.8 Å². The van der Waals surface area contributed by atoms with Crippen molar-refractivity contribution in [3.63, 3.8) is 0 Å². The molecule has 0 saturated carbocycles. The Labute approximate surface area is 132 Å². The summed E-state index contributed by atoms with van der Waals surface area (Å²) in [6, 6.07) is 9.40. The van der Waals surface area contributed by atoms with Crippen molar-refractivity contribution in [3.8, 4) is 5.75 Å². The Bertz CT molecular complexity index is 643. The molecule has 0 amide bonds. The average molecular weight is 297 g/mol. The van der Waals surface area contributed by atoms with E-state index >= 15 is 0 Å². The zero-order valence-electron chi connectivity index (χ0n) is 13.7. The summed E-state index contributed by atoms with van der Waals surface area (Å²) in [5.41, 5.74) is 3.93. The number of nitrogens with zero attached hydrogens (tertiary/aromatic N) is 1. The van der Waals surface area contributed by atoms with Gasteiger partial charge in [-0.2, -0.15) is 0 Å². The van der Waals surface area contributed by atoms with E-state index in [1.807, 2.05) is 25.1 Å². The highest BCUT2D eigenvalue weighted by atomic mass is 16.5. The maximum absolute atomic E-state index is 12.2. The van der Waals surface area contributed by atoms with Crippen LogP contribution < -0.4 is 4.74 Å². The van der Waals surface area contributed by atoms with Crippen LogP contribution in [0.1, 0.15) is 59.8 Å². The predicted molar refractivity (Wildman–Crippen MR) is 88.4 cm³/mol. The number of hydrogen-bond donors (Lipinski definition) is 0. The molecule has 0 fully saturated rings. The van der Waals surface area contributed by atoms with Gasteiger partial charge in [0.15, 0.2) is 0 Å². The molecule has 1 heterocycles. The van der Waals surface area contributed by atoms with Gasteiger partial charge in [-0.25, -0.2) is 4.79 Å². The molecule has 1 aromatic heterocycles. The predicted octanol–water partition coefficient (Wildman–Crippen LogP) is 4.82. The average Bonchev–Trinajstić information content (AvgIpc) is 2.52. The number of pyridine rings is 1. The van der Waals surface area contributed by atoms with Crippen LogP contribution in [0.2, 0.25) is 0 Å². The van der Waals surface area contributed by atoms with Crippen LogP contribution in [-0.2, 0) is 0 Å². The van der Waals surface area contributed by atoms with Crippen molar-refractivity contribution in [2.45, 2.75) is 46.5 Å². The highest BCUT2D eigenvalue weighted by Gasteiger charge is 2.14.